The molecule has 0 aliphatic carbocycles. The van der Waals surface area contributed by atoms with E-state index in [0.29, 0.717) is 18.2 Å². The molecular weight excluding hydrogens is 248 g/mol. The van der Waals surface area contributed by atoms with E-state index in [2.05, 4.69) is 17.3 Å². The normalized spacial score (nSPS) is 12.7. The van der Waals surface area contributed by atoms with Crippen LogP contribution >= 0.6 is 11.8 Å². The molecule has 1 rings (SSSR count). The average molecular weight is 270 g/mol. The van der Waals surface area contributed by atoms with Gasteiger partial charge in [0, 0.05) is 12.1 Å². The van der Waals surface area contributed by atoms with E-state index in [1.807, 2.05) is 19.9 Å². The van der Waals surface area contributed by atoms with Crippen molar-refractivity contribution >= 4 is 23.5 Å². The lowest BCUT2D eigenvalue weighted by atomic mass is 10.2. The molecule has 0 bridgehead atoms. The number of anilines is 1. The second-order valence-electron chi connectivity index (χ2n) is 4.66. The molecule has 1 aromatic rings. The lowest BCUT2D eigenvalue weighted by molar-refractivity contribution is -0.113. The molecule has 0 spiro atoms. The molecule has 18 heavy (non-hydrogen) atoms. The van der Waals surface area contributed by atoms with Gasteiger partial charge in [-0.1, -0.05) is 6.92 Å². The fourth-order valence-corrected chi connectivity index (χ4v) is 2.34. The Bertz CT molecular complexity index is 378. The zero-order valence-electron chi connectivity index (χ0n) is 11.2. The number of hydrogen-bond donors (Lipinski definition) is 2. The summed E-state index contributed by atoms with van der Waals surface area (Å²) < 4.78 is 1.80. The van der Waals surface area contributed by atoms with Gasteiger partial charge in [-0.05, 0) is 32.1 Å². The number of nitrogens with two attached hydrogens (primary N) is 1. The number of hydrogen-bond acceptors (Lipinski definition) is 4. The molecule has 1 amide bonds. The number of amides is 1. The van der Waals surface area contributed by atoms with E-state index in [-0.39, 0.29) is 11.9 Å². The Hall–Kier alpha value is -1.01. The minimum Gasteiger partial charge on any atom is -0.330 e. The first-order valence-corrected chi connectivity index (χ1v) is 7.31. The van der Waals surface area contributed by atoms with Gasteiger partial charge in [-0.2, -0.15) is 16.9 Å². The summed E-state index contributed by atoms with van der Waals surface area (Å²) in [6, 6.07) is 2.05. The van der Waals surface area contributed by atoms with Gasteiger partial charge in [-0.3, -0.25) is 4.79 Å². The molecule has 0 saturated heterocycles. The standard InChI is InChI=1S/C12H22N4OS/c1-9(2)16-11(4-5-14-16)15-12(17)8-18-7-10(3)6-13/h4-5,9-10H,6-8,13H2,1-3H3,(H,15,17). The summed E-state index contributed by atoms with van der Waals surface area (Å²) >= 11 is 1.61. The summed E-state index contributed by atoms with van der Waals surface area (Å²) in [6.07, 6.45) is 1.69. The second kappa shape index (κ2) is 7.43. The predicted octanol–water partition coefficient (Wildman–Crippen LogP) is 1.73. The maximum absolute atomic E-state index is 11.8. The van der Waals surface area contributed by atoms with Gasteiger partial charge in [-0.15, -0.1) is 0 Å². The smallest absolute Gasteiger partial charge is 0.235 e. The van der Waals surface area contributed by atoms with Crippen LogP contribution in [0.3, 0.4) is 0 Å². The molecule has 1 heterocycles. The number of thioether (sulfide) groups is 1. The molecule has 0 radical (unpaired) electrons. The molecule has 1 atom stereocenters. The van der Waals surface area contributed by atoms with Gasteiger partial charge in [0.25, 0.3) is 0 Å². The highest BCUT2D eigenvalue weighted by atomic mass is 32.2. The van der Waals surface area contributed by atoms with E-state index >= 15 is 0 Å². The summed E-state index contributed by atoms with van der Waals surface area (Å²) in [5.74, 6) is 2.57. The number of carbonyl (C=O) groups excluding carboxylic acids is 1. The molecule has 1 aromatic heterocycles. The maximum Gasteiger partial charge on any atom is 0.235 e. The van der Waals surface area contributed by atoms with Crippen LogP contribution in [0.25, 0.3) is 0 Å². The third kappa shape index (κ3) is 4.70. The summed E-state index contributed by atoms with van der Waals surface area (Å²) in [5, 5.41) is 7.04. The molecule has 0 aliphatic heterocycles. The summed E-state index contributed by atoms with van der Waals surface area (Å²) in [5.41, 5.74) is 5.53. The van der Waals surface area contributed by atoms with Crippen LogP contribution < -0.4 is 11.1 Å². The van der Waals surface area contributed by atoms with Crippen LogP contribution in [0.15, 0.2) is 12.3 Å². The highest BCUT2D eigenvalue weighted by Gasteiger charge is 2.09. The van der Waals surface area contributed by atoms with Crippen molar-refractivity contribution in [1.29, 1.82) is 0 Å². The van der Waals surface area contributed by atoms with Gasteiger partial charge in [0.05, 0.1) is 11.9 Å². The third-order valence-corrected chi connectivity index (χ3v) is 3.74. The fraction of sp³-hybridized carbons (Fsp3) is 0.667. The van der Waals surface area contributed by atoms with Gasteiger partial charge in [-0.25, -0.2) is 4.68 Å². The van der Waals surface area contributed by atoms with Crippen molar-refractivity contribution < 1.29 is 4.79 Å². The van der Waals surface area contributed by atoms with Gasteiger partial charge in [0.1, 0.15) is 5.82 Å². The highest BCUT2D eigenvalue weighted by Crippen LogP contribution is 2.14. The minimum atomic E-state index is 0.00613. The Labute approximate surface area is 112 Å². The van der Waals surface area contributed by atoms with E-state index in [1.165, 1.54) is 0 Å². The quantitative estimate of drug-likeness (QED) is 0.791. The first-order chi connectivity index (χ1) is 8.54. The Morgan fingerprint density at radius 3 is 2.89 bits per heavy atom. The molecule has 6 heteroatoms. The van der Waals surface area contributed by atoms with Crippen molar-refractivity contribution in [2.45, 2.75) is 26.8 Å². The molecule has 5 nitrogen and oxygen atoms in total. The van der Waals surface area contributed by atoms with Crippen molar-refractivity contribution in [1.82, 2.24) is 9.78 Å². The van der Waals surface area contributed by atoms with Gasteiger partial charge >= 0.3 is 0 Å². The zero-order chi connectivity index (χ0) is 13.5. The molecular formula is C12H22N4OS. The third-order valence-electron chi connectivity index (χ3n) is 2.46. The molecule has 0 saturated carbocycles. The molecule has 0 aromatic carbocycles. The number of carbonyl (C=O) groups is 1. The van der Waals surface area contributed by atoms with Gasteiger partial charge < -0.3 is 11.1 Å². The van der Waals surface area contributed by atoms with Crippen molar-refractivity contribution in [2.75, 3.05) is 23.4 Å². The number of nitrogens with one attached hydrogen (secondary N) is 1. The minimum absolute atomic E-state index is 0.00613. The van der Waals surface area contributed by atoms with Crippen molar-refractivity contribution in [3.63, 3.8) is 0 Å². The Kier molecular flexibility index (Phi) is 6.21. The van der Waals surface area contributed by atoms with Crippen LogP contribution in [-0.4, -0.2) is 33.7 Å². The molecule has 102 valence electrons. The molecule has 3 N–H and O–H groups in total. The van der Waals surface area contributed by atoms with Crippen LogP contribution in [0.4, 0.5) is 5.82 Å². The lowest BCUT2D eigenvalue weighted by Gasteiger charge is -2.12. The molecule has 0 aliphatic rings. The first kappa shape index (κ1) is 15.0. The van der Waals surface area contributed by atoms with E-state index in [9.17, 15) is 4.79 Å². The monoisotopic (exact) mass is 270 g/mol. The summed E-state index contributed by atoms with van der Waals surface area (Å²) in [6.45, 7) is 6.80. The second-order valence-corrected chi connectivity index (χ2v) is 5.69. The number of nitrogens with zero attached hydrogens (tertiary/aromatic N) is 2. The van der Waals surface area contributed by atoms with Crippen LogP contribution in [0, 0.1) is 5.92 Å². The Morgan fingerprint density at radius 2 is 2.28 bits per heavy atom. The van der Waals surface area contributed by atoms with Gasteiger partial charge in [0.2, 0.25) is 5.91 Å². The topological polar surface area (TPSA) is 72.9 Å². The van der Waals surface area contributed by atoms with Crippen LogP contribution in [-0.2, 0) is 4.79 Å². The number of aromatic nitrogens is 2. The molecule has 1 unspecified atom stereocenters. The largest absolute Gasteiger partial charge is 0.330 e. The zero-order valence-corrected chi connectivity index (χ0v) is 12.0. The van der Waals surface area contributed by atoms with Crippen LogP contribution in [0.2, 0.25) is 0 Å². The van der Waals surface area contributed by atoms with Crippen LogP contribution in [0.5, 0.6) is 0 Å². The Morgan fingerprint density at radius 1 is 1.56 bits per heavy atom. The van der Waals surface area contributed by atoms with Gasteiger partial charge in [0.15, 0.2) is 0 Å². The van der Waals surface area contributed by atoms with E-state index in [4.69, 9.17) is 5.73 Å². The van der Waals surface area contributed by atoms with E-state index in [0.717, 1.165) is 11.6 Å². The average Bonchev–Trinajstić information content (AvgIpc) is 2.76. The van der Waals surface area contributed by atoms with E-state index < -0.39 is 0 Å². The highest BCUT2D eigenvalue weighted by molar-refractivity contribution is 7.99. The first-order valence-electron chi connectivity index (χ1n) is 6.15. The maximum atomic E-state index is 11.8. The fourth-order valence-electron chi connectivity index (χ4n) is 1.42. The Balaban J connectivity index is 2.38. The SMILES string of the molecule is CC(CN)CSCC(=O)Nc1ccnn1C(C)C. The van der Waals surface area contributed by atoms with Crippen molar-refractivity contribution in [3.05, 3.63) is 12.3 Å². The lowest BCUT2D eigenvalue weighted by Crippen LogP contribution is -2.19. The van der Waals surface area contributed by atoms with Crippen molar-refractivity contribution in [2.24, 2.45) is 11.7 Å². The summed E-state index contributed by atoms with van der Waals surface area (Å²) in [7, 11) is 0. The predicted molar refractivity (Wildman–Crippen MR) is 76.8 cm³/mol. The summed E-state index contributed by atoms with van der Waals surface area (Å²) in [4.78, 5) is 11.8. The van der Waals surface area contributed by atoms with E-state index in [1.54, 1.807) is 22.6 Å². The molecule has 0 fully saturated rings. The number of rotatable bonds is 7. The van der Waals surface area contributed by atoms with Crippen molar-refractivity contribution in [3.8, 4) is 0 Å². The van der Waals surface area contributed by atoms with Crippen LogP contribution in [0.1, 0.15) is 26.8 Å².